The molecule has 0 fully saturated rings. The molecule has 2 N–H and O–H groups in total. The Balaban J connectivity index is 0.000000289. The van der Waals surface area contributed by atoms with E-state index in [1.807, 2.05) is 62.4 Å². The molecule has 2 aromatic carbocycles. The molecule has 0 radical (unpaired) electrons. The molecule has 4 rings (SSSR count). The van der Waals surface area contributed by atoms with Gasteiger partial charge in [0.1, 0.15) is 0 Å². The van der Waals surface area contributed by atoms with Crippen molar-refractivity contribution in [3.05, 3.63) is 114 Å². The van der Waals surface area contributed by atoms with Gasteiger partial charge in [-0.25, -0.2) is 0 Å². The number of aryl methyl sites for hydroxylation is 2. The van der Waals surface area contributed by atoms with Crippen LogP contribution in [0.3, 0.4) is 0 Å². The van der Waals surface area contributed by atoms with Crippen LogP contribution in [0.2, 0.25) is 0 Å². The topological polar surface area (TPSA) is 51.8 Å². The number of nitrogen functional groups attached to an aromatic ring is 1. The Morgan fingerprint density at radius 3 is 1.84 bits per heavy atom. The number of aromatic nitrogens is 2. The van der Waals surface area contributed by atoms with Gasteiger partial charge in [-0.15, -0.1) is 0 Å². The molecule has 0 unspecified atom stereocenters. The van der Waals surface area contributed by atoms with Gasteiger partial charge < -0.3 is 5.73 Å². The van der Waals surface area contributed by atoms with E-state index in [-0.39, 0.29) is 27.8 Å². The third-order valence-electron chi connectivity index (χ3n) is 5.35. The molecular formula is C27H29AuN3+3. The largest absolute Gasteiger partial charge is 3.00 e. The molecule has 2 aromatic heterocycles. The molecule has 0 bridgehead atoms. The quantitative estimate of drug-likeness (QED) is 0.223. The molecule has 0 aliphatic rings. The second kappa shape index (κ2) is 11.1. The molecule has 0 spiro atoms. The Bertz CT molecular complexity index is 1070. The van der Waals surface area contributed by atoms with Crippen molar-refractivity contribution in [1.82, 2.24) is 9.97 Å². The molecule has 4 heteroatoms. The number of anilines is 1. The third kappa shape index (κ3) is 6.14. The Morgan fingerprint density at radius 1 is 0.677 bits per heavy atom. The zero-order chi connectivity index (χ0) is 21.6. The van der Waals surface area contributed by atoms with Crippen molar-refractivity contribution in [2.24, 2.45) is 0 Å². The molecule has 0 saturated heterocycles. The van der Waals surface area contributed by atoms with Crippen molar-refractivity contribution < 1.29 is 22.4 Å². The molecular weight excluding hydrogens is 563 g/mol. The summed E-state index contributed by atoms with van der Waals surface area (Å²) in [5.41, 5.74) is 12.9. The summed E-state index contributed by atoms with van der Waals surface area (Å²) in [7, 11) is 0. The van der Waals surface area contributed by atoms with Crippen LogP contribution < -0.4 is 5.73 Å². The van der Waals surface area contributed by atoms with Crippen LogP contribution in [0.4, 0.5) is 5.69 Å². The van der Waals surface area contributed by atoms with Crippen LogP contribution in [-0.2, 0) is 27.8 Å². The summed E-state index contributed by atoms with van der Waals surface area (Å²) in [6.07, 6.45) is 1.80. The van der Waals surface area contributed by atoms with Crippen molar-refractivity contribution in [2.45, 2.75) is 33.1 Å². The first-order valence-electron chi connectivity index (χ1n) is 10.2. The van der Waals surface area contributed by atoms with Crippen LogP contribution in [0.5, 0.6) is 0 Å². The maximum Gasteiger partial charge on any atom is 3.00 e. The van der Waals surface area contributed by atoms with Crippen LogP contribution in [0.15, 0.2) is 91.1 Å². The van der Waals surface area contributed by atoms with Gasteiger partial charge in [0.15, 0.2) is 0 Å². The van der Waals surface area contributed by atoms with Crippen molar-refractivity contribution in [3.63, 3.8) is 0 Å². The fourth-order valence-electron chi connectivity index (χ4n) is 3.27. The summed E-state index contributed by atoms with van der Waals surface area (Å²) in [6.45, 7) is 8.43. The standard InChI is InChI=1S/C19H18N2.C8H11N.Au/c1-19(2,15-9-4-3-5-10-15)18-13-8-12-17(21-18)16-11-6-7-14-20-16;1-6-4-3-5-7(2)8(6)9;/h3-14H,1-2H3;3-5H,9H2,1-2H3;/q;;+3. The smallest absolute Gasteiger partial charge is 0.398 e. The second-order valence-electron chi connectivity index (χ2n) is 7.92. The third-order valence-corrected chi connectivity index (χ3v) is 5.35. The fraction of sp³-hybridized carbons (Fsp3) is 0.185. The summed E-state index contributed by atoms with van der Waals surface area (Å²) in [5, 5.41) is 0. The monoisotopic (exact) mass is 592 g/mol. The van der Waals surface area contributed by atoms with Crippen LogP contribution in [0.25, 0.3) is 11.4 Å². The van der Waals surface area contributed by atoms with E-state index in [0.29, 0.717) is 0 Å². The van der Waals surface area contributed by atoms with Gasteiger partial charge in [-0.2, -0.15) is 0 Å². The van der Waals surface area contributed by atoms with Crippen LogP contribution >= 0.6 is 0 Å². The molecule has 0 aliphatic heterocycles. The summed E-state index contributed by atoms with van der Waals surface area (Å²) >= 11 is 0. The average molecular weight is 593 g/mol. The molecule has 31 heavy (non-hydrogen) atoms. The Morgan fingerprint density at radius 2 is 1.26 bits per heavy atom. The van der Waals surface area contributed by atoms with E-state index in [9.17, 15) is 0 Å². The van der Waals surface area contributed by atoms with Gasteiger partial charge in [0.05, 0.1) is 17.1 Å². The van der Waals surface area contributed by atoms with Gasteiger partial charge in [-0.05, 0) is 54.8 Å². The van der Waals surface area contributed by atoms with E-state index >= 15 is 0 Å². The molecule has 0 aliphatic carbocycles. The van der Waals surface area contributed by atoms with Gasteiger partial charge >= 0.3 is 22.4 Å². The van der Waals surface area contributed by atoms with Gasteiger partial charge in [0, 0.05) is 17.3 Å². The van der Waals surface area contributed by atoms with Gasteiger partial charge in [0.2, 0.25) is 0 Å². The van der Waals surface area contributed by atoms with Crippen LogP contribution in [0.1, 0.15) is 36.2 Å². The molecule has 3 nitrogen and oxygen atoms in total. The first-order valence-corrected chi connectivity index (χ1v) is 10.2. The zero-order valence-electron chi connectivity index (χ0n) is 18.4. The molecule has 2 heterocycles. The van der Waals surface area contributed by atoms with E-state index in [1.165, 1.54) is 5.56 Å². The Labute approximate surface area is 201 Å². The number of rotatable bonds is 3. The van der Waals surface area contributed by atoms with Crippen LogP contribution in [0, 0.1) is 13.8 Å². The normalized spacial score (nSPS) is 10.5. The number of benzene rings is 2. The number of hydrogen-bond donors (Lipinski definition) is 1. The summed E-state index contributed by atoms with van der Waals surface area (Å²) in [5.74, 6) is 0. The predicted molar refractivity (Wildman–Crippen MR) is 126 cm³/mol. The van der Waals surface area contributed by atoms with Crippen LogP contribution in [-0.4, -0.2) is 9.97 Å². The molecule has 0 atom stereocenters. The summed E-state index contributed by atoms with van der Waals surface area (Å²) in [6, 6.07) is 28.6. The number of nitrogens with two attached hydrogens (primary N) is 1. The molecule has 0 amide bonds. The van der Waals surface area contributed by atoms with Crippen molar-refractivity contribution in [3.8, 4) is 11.4 Å². The van der Waals surface area contributed by atoms with Gasteiger partial charge in [0.25, 0.3) is 0 Å². The molecule has 160 valence electrons. The minimum absolute atomic E-state index is 0. The number of hydrogen-bond acceptors (Lipinski definition) is 3. The van der Waals surface area contributed by atoms with E-state index in [1.54, 1.807) is 6.20 Å². The minimum Gasteiger partial charge on any atom is -0.398 e. The number of para-hydroxylation sites is 1. The van der Waals surface area contributed by atoms with E-state index in [2.05, 4.69) is 55.2 Å². The van der Waals surface area contributed by atoms with Crippen molar-refractivity contribution in [2.75, 3.05) is 5.73 Å². The minimum atomic E-state index is -0.133. The Hall–Kier alpha value is -2.72. The molecule has 4 aromatic rings. The first kappa shape index (κ1) is 24.5. The average Bonchev–Trinajstić information content (AvgIpc) is 2.79. The second-order valence-corrected chi connectivity index (χ2v) is 7.92. The summed E-state index contributed by atoms with van der Waals surface area (Å²) in [4.78, 5) is 9.21. The van der Waals surface area contributed by atoms with Gasteiger partial charge in [-0.1, -0.05) is 74.5 Å². The SMILES string of the molecule is CC(C)(c1ccccc1)c1cccc(-c2ccccn2)n1.Cc1cccc(C)c1N.[Au+3]. The molecule has 0 saturated carbocycles. The van der Waals surface area contributed by atoms with Crippen molar-refractivity contribution >= 4 is 5.69 Å². The Kier molecular flexibility index (Phi) is 8.76. The van der Waals surface area contributed by atoms with Gasteiger partial charge in [-0.3, -0.25) is 9.97 Å². The maximum absolute atomic E-state index is 5.68. The first-order chi connectivity index (χ1) is 14.4. The van der Waals surface area contributed by atoms with E-state index < -0.39 is 0 Å². The number of nitrogens with zero attached hydrogens (tertiary/aromatic N) is 2. The van der Waals surface area contributed by atoms with Crippen molar-refractivity contribution in [1.29, 1.82) is 0 Å². The summed E-state index contributed by atoms with van der Waals surface area (Å²) < 4.78 is 0. The van der Waals surface area contributed by atoms with E-state index in [0.717, 1.165) is 33.9 Å². The number of pyridine rings is 2. The zero-order valence-corrected chi connectivity index (χ0v) is 20.6. The predicted octanol–water partition coefficient (Wildman–Crippen LogP) is 6.35. The fourth-order valence-corrected chi connectivity index (χ4v) is 3.27. The van der Waals surface area contributed by atoms with E-state index in [4.69, 9.17) is 10.7 Å². The maximum atomic E-state index is 5.68.